The summed E-state index contributed by atoms with van der Waals surface area (Å²) in [6.45, 7) is 3.11. The molecule has 1 aliphatic rings. The Hall–Kier alpha value is -0.930. The molecule has 82 valence electrons. The summed E-state index contributed by atoms with van der Waals surface area (Å²) in [5.41, 5.74) is 1.09. The monoisotopic (exact) mass is 208 g/mol. The minimum Gasteiger partial charge on any atom is -0.314 e. The first-order chi connectivity index (χ1) is 7.34. The van der Waals surface area contributed by atoms with Gasteiger partial charge in [-0.15, -0.1) is 0 Å². The van der Waals surface area contributed by atoms with Gasteiger partial charge in [0.05, 0.1) is 0 Å². The van der Waals surface area contributed by atoms with Crippen LogP contribution in [0.25, 0.3) is 0 Å². The molecule has 0 aliphatic carbocycles. The molecule has 1 fully saturated rings. The van der Waals surface area contributed by atoms with Crippen molar-refractivity contribution < 1.29 is 4.39 Å². The predicted molar refractivity (Wildman–Crippen MR) is 59.4 cm³/mol. The molecular formula is C12H17FN2. The molecule has 15 heavy (non-hydrogen) atoms. The number of nitrogens with one attached hydrogen (secondary N) is 2. The van der Waals surface area contributed by atoms with Gasteiger partial charge in [0.15, 0.2) is 0 Å². The molecule has 2 rings (SSSR count). The van der Waals surface area contributed by atoms with Gasteiger partial charge in [-0.05, 0) is 30.5 Å². The van der Waals surface area contributed by atoms with Gasteiger partial charge in [-0.1, -0.05) is 12.1 Å². The van der Waals surface area contributed by atoms with Crippen molar-refractivity contribution in [1.29, 1.82) is 0 Å². The zero-order valence-corrected chi connectivity index (χ0v) is 8.80. The molecule has 0 saturated carbocycles. The lowest BCUT2D eigenvalue weighted by Crippen LogP contribution is -2.48. The van der Waals surface area contributed by atoms with Gasteiger partial charge in [0.25, 0.3) is 0 Å². The number of rotatable bonds is 3. The average molecular weight is 208 g/mol. The van der Waals surface area contributed by atoms with E-state index >= 15 is 0 Å². The Morgan fingerprint density at radius 3 is 3.00 bits per heavy atom. The third-order valence-corrected chi connectivity index (χ3v) is 2.80. The molecule has 1 aromatic carbocycles. The van der Waals surface area contributed by atoms with Gasteiger partial charge in [-0.25, -0.2) is 4.39 Å². The van der Waals surface area contributed by atoms with E-state index in [1.165, 1.54) is 6.07 Å². The maximum absolute atomic E-state index is 12.9. The SMILES string of the molecule is Fc1cccc(CC[C@H]2CNCCN2)c1. The summed E-state index contributed by atoms with van der Waals surface area (Å²) in [6, 6.07) is 7.40. The molecule has 0 unspecified atom stereocenters. The maximum atomic E-state index is 12.9. The van der Waals surface area contributed by atoms with Crippen LogP contribution in [0.1, 0.15) is 12.0 Å². The number of hydrogen-bond acceptors (Lipinski definition) is 2. The number of piperazine rings is 1. The van der Waals surface area contributed by atoms with Gasteiger partial charge in [-0.3, -0.25) is 0 Å². The second kappa shape index (κ2) is 5.24. The number of aryl methyl sites for hydroxylation is 1. The van der Waals surface area contributed by atoms with E-state index in [0.29, 0.717) is 6.04 Å². The third kappa shape index (κ3) is 3.29. The van der Waals surface area contributed by atoms with Crippen molar-refractivity contribution in [2.75, 3.05) is 19.6 Å². The Kier molecular flexibility index (Phi) is 3.69. The van der Waals surface area contributed by atoms with Crippen molar-refractivity contribution in [1.82, 2.24) is 10.6 Å². The van der Waals surface area contributed by atoms with Crippen LogP contribution >= 0.6 is 0 Å². The largest absolute Gasteiger partial charge is 0.314 e. The molecule has 2 N–H and O–H groups in total. The fourth-order valence-electron chi connectivity index (χ4n) is 1.95. The van der Waals surface area contributed by atoms with E-state index in [2.05, 4.69) is 10.6 Å². The Morgan fingerprint density at radius 2 is 2.27 bits per heavy atom. The van der Waals surface area contributed by atoms with E-state index < -0.39 is 0 Å². The summed E-state index contributed by atoms with van der Waals surface area (Å²) in [4.78, 5) is 0. The molecule has 2 nitrogen and oxygen atoms in total. The van der Waals surface area contributed by atoms with Crippen LogP contribution < -0.4 is 10.6 Å². The van der Waals surface area contributed by atoms with Crippen LogP contribution in [0.15, 0.2) is 24.3 Å². The molecule has 1 aromatic rings. The van der Waals surface area contributed by atoms with Crippen LogP contribution in [0.4, 0.5) is 4.39 Å². The minimum absolute atomic E-state index is 0.137. The third-order valence-electron chi connectivity index (χ3n) is 2.80. The molecule has 0 amide bonds. The molecule has 1 aliphatic heterocycles. The fourth-order valence-corrected chi connectivity index (χ4v) is 1.95. The summed E-state index contributed by atoms with van der Waals surface area (Å²) < 4.78 is 12.9. The fraction of sp³-hybridized carbons (Fsp3) is 0.500. The van der Waals surface area contributed by atoms with Crippen molar-refractivity contribution in [3.63, 3.8) is 0 Å². The maximum Gasteiger partial charge on any atom is 0.123 e. The molecule has 3 heteroatoms. The number of halogens is 1. The lowest BCUT2D eigenvalue weighted by atomic mass is 10.0. The predicted octanol–water partition coefficient (Wildman–Crippen LogP) is 1.32. The normalized spacial score (nSPS) is 21.5. The average Bonchev–Trinajstić information content (AvgIpc) is 2.28. The second-order valence-electron chi connectivity index (χ2n) is 4.02. The van der Waals surface area contributed by atoms with Crippen LogP contribution in [0.3, 0.4) is 0 Å². The Labute approximate surface area is 89.9 Å². The van der Waals surface area contributed by atoms with Gasteiger partial charge in [0.2, 0.25) is 0 Å². The van der Waals surface area contributed by atoms with Crippen LogP contribution in [-0.2, 0) is 6.42 Å². The van der Waals surface area contributed by atoms with Crippen LogP contribution in [0.2, 0.25) is 0 Å². The van der Waals surface area contributed by atoms with E-state index in [1.807, 2.05) is 6.07 Å². The summed E-state index contributed by atoms with van der Waals surface area (Å²) >= 11 is 0. The number of benzene rings is 1. The van der Waals surface area contributed by atoms with Gasteiger partial charge in [0.1, 0.15) is 5.82 Å². The van der Waals surface area contributed by atoms with Gasteiger partial charge in [-0.2, -0.15) is 0 Å². The van der Waals surface area contributed by atoms with E-state index in [9.17, 15) is 4.39 Å². The summed E-state index contributed by atoms with van der Waals surface area (Å²) in [6.07, 6.45) is 2.01. The van der Waals surface area contributed by atoms with Crippen LogP contribution in [-0.4, -0.2) is 25.7 Å². The highest BCUT2D eigenvalue weighted by Gasteiger charge is 2.11. The quantitative estimate of drug-likeness (QED) is 0.783. The Morgan fingerprint density at radius 1 is 1.33 bits per heavy atom. The molecule has 1 saturated heterocycles. The minimum atomic E-state index is -0.137. The highest BCUT2D eigenvalue weighted by atomic mass is 19.1. The molecule has 0 radical (unpaired) electrons. The zero-order chi connectivity index (χ0) is 10.5. The zero-order valence-electron chi connectivity index (χ0n) is 8.80. The standard InChI is InChI=1S/C12H17FN2/c13-11-3-1-2-10(8-11)4-5-12-9-14-6-7-15-12/h1-3,8,12,14-15H,4-7,9H2/t12-/m0/s1. The van der Waals surface area contributed by atoms with E-state index in [-0.39, 0.29) is 5.82 Å². The Balaban J connectivity index is 1.81. The van der Waals surface area contributed by atoms with Crippen molar-refractivity contribution in [2.45, 2.75) is 18.9 Å². The first-order valence-electron chi connectivity index (χ1n) is 5.53. The van der Waals surface area contributed by atoms with Crippen LogP contribution in [0.5, 0.6) is 0 Å². The van der Waals surface area contributed by atoms with E-state index in [0.717, 1.165) is 38.0 Å². The van der Waals surface area contributed by atoms with Crippen molar-refractivity contribution in [3.8, 4) is 0 Å². The van der Waals surface area contributed by atoms with E-state index in [4.69, 9.17) is 0 Å². The highest BCUT2D eigenvalue weighted by molar-refractivity contribution is 5.16. The molecule has 0 aromatic heterocycles. The highest BCUT2D eigenvalue weighted by Crippen LogP contribution is 2.08. The van der Waals surface area contributed by atoms with E-state index in [1.54, 1.807) is 12.1 Å². The van der Waals surface area contributed by atoms with Crippen molar-refractivity contribution in [2.24, 2.45) is 0 Å². The lowest BCUT2D eigenvalue weighted by molar-refractivity contribution is 0.399. The van der Waals surface area contributed by atoms with Gasteiger partial charge >= 0.3 is 0 Å². The molecule has 0 bridgehead atoms. The molecule has 0 spiro atoms. The summed E-state index contributed by atoms with van der Waals surface area (Å²) in [7, 11) is 0. The Bertz CT molecular complexity index is 308. The first kappa shape index (κ1) is 10.6. The molecular weight excluding hydrogens is 191 g/mol. The van der Waals surface area contributed by atoms with Gasteiger partial charge in [0, 0.05) is 25.7 Å². The van der Waals surface area contributed by atoms with Crippen molar-refractivity contribution >= 4 is 0 Å². The summed E-state index contributed by atoms with van der Waals surface area (Å²) in [5, 5.41) is 6.79. The van der Waals surface area contributed by atoms with Crippen LogP contribution in [0, 0.1) is 5.82 Å². The topological polar surface area (TPSA) is 24.1 Å². The number of hydrogen-bond donors (Lipinski definition) is 2. The summed E-state index contributed by atoms with van der Waals surface area (Å²) in [5.74, 6) is -0.137. The lowest BCUT2D eigenvalue weighted by Gasteiger charge is -2.24. The van der Waals surface area contributed by atoms with Gasteiger partial charge < -0.3 is 10.6 Å². The first-order valence-corrected chi connectivity index (χ1v) is 5.53. The second-order valence-corrected chi connectivity index (χ2v) is 4.02. The molecule has 1 heterocycles. The van der Waals surface area contributed by atoms with Crippen molar-refractivity contribution in [3.05, 3.63) is 35.6 Å². The smallest absolute Gasteiger partial charge is 0.123 e. The molecule has 1 atom stereocenters.